The first kappa shape index (κ1) is 20.4. The summed E-state index contributed by atoms with van der Waals surface area (Å²) in [5.74, 6) is 0.424. The van der Waals surface area contributed by atoms with E-state index < -0.39 is 22.1 Å². The van der Waals surface area contributed by atoms with E-state index in [0.29, 0.717) is 10.9 Å². The molecule has 0 spiro atoms. The van der Waals surface area contributed by atoms with Gasteiger partial charge in [0.2, 0.25) is 0 Å². The van der Waals surface area contributed by atoms with Crippen molar-refractivity contribution < 1.29 is 26.3 Å². The van der Waals surface area contributed by atoms with Crippen LogP contribution in [-0.2, 0) is 10.0 Å². The maximum absolute atomic E-state index is 12.9. The second-order valence-electron chi connectivity index (χ2n) is 6.29. The van der Waals surface area contributed by atoms with E-state index in [-0.39, 0.29) is 15.3 Å². The lowest BCUT2D eigenvalue weighted by atomic mass is 10.2. The number of aromatic nitrogens is 1. The first-order chi connectivity index (χ1) is 13.6. The topological polar surface area (TPSA) is 74.4 Å². The van der Waals surface area contributed by atoms with Gasteiger partial charge in [0.1, 0.15) is 9.96 Å². The molecule has 0 aliphatic carbocycles. The molecule has 2 aromatic heterocycles. The molecule has 156 valence electrons. The first-order valence-electron chi connectivity index (χ1n) is 8.45. The molecule has 0 saturated carbocycles. The minimum Gasteiger partial charge on any atom is -0.406 e. The maximum atomic E-state index is 12.9. The molecule has 0 amide bonds. The fraction of sp³-hybridized carbons (Fsp3) is 0.294. The van der Waals surface area contributed by atoms with Crippen molar-refractivity contribution in [3.8, 4) is 5.75 Å². The summed E-state index contributed by atoms with van der Waals surface area (Å²) in [6, 6.07) is 7.08. The van der Waals surface area contributed by atoms with Crippen molar-refractivity contribution in [3.05, 3.63) is 41.4 Å². The average molecular weight is 464 g/mol. The van der Waals surface area contributed by atoms with Gasteiger partial charge < -0.3 is 9.72 Å². The number of halogens is 3. The second-order valence-corrected chi connectivity index (χ2v) is 10.6. The van der Waals surface area contributed by atoms with Gasteiger partial charge in [0.05, 0.1) is 16.6 Å². The SMILES string of the molecule is CN(c1cc(OC(F)(F)F)cc2cc(C3NCCS3)[nH]c12)S(=O)(=O)c1cccs1. The summed E-state index contributed by atoms with van der Waals surface area (Å²) < 4.78 is 69.5. The zero-order valence-corrected chi connectivity index (χ0v) is 17.4. The number of thioether (sulfide) groups is 1. The summed E-state index contributed by atoms with van der Waals surface area (Å²) in [5, 5.41) is 5.29. The van der Waals surface area contributed by atoms with Gasteiger partial charge in [-0.3, -0.25) is 9.62 Å². The monoisotopic (exact) mass is 463 g/mol. The van der Waals surface area contributed by atoms with E-state index in [1.807, 2.05) is 0 Å². The number of nitrogens with one attached hydrogen (secondary N) is 2. The Morgan fingerprint density at radius 2 is 2.07 bits per heavy atom. The summed E-state index contributed by atoms with van der Waals surface area (Å²) in [7, 11) is -2.63. The summed E-state index contributed by atoms with van der Waals surface area (Å²) in [5.41, 5.74) is 1.26. The van der Waals surface area contributed by atoms with Crippen LogP contribution in [0.1, 0.15) is 11.1 Å². The highest BCUT2D eigenvalue weighted by atomic mass is 32.2. The fourth-order valence-corrected chi connectivity index (χ4v) is 6.48. The lowest BCUT2D eigenvalue weighted by Crippen LogP contribution is -2.26. The molecule has 2 N–H and O–H groups in total. The molecule has 12 heteroatoms. The van der Waals surface area contributed by atoms with Crippen molar-refractivity contribution in [2.45, 2.75) is 15.9 Å². The third-order valence-corrected chi connectivity index (χ3v) is 8.72. The molecular weight excluding hydrogens is 447 g/mol. The number of anilines is 1. The number of ether oxygens (including phenoxy) is 1. The van der Waals surface area contributed by atoms with Gasteiger partial charge in [-0.1, -0.05) is 6.07 Å². The number of aromatic amines is 1. The molecule has 1 saturated heterocycles. The van der Waals surface area contributed by atoms with Crippen LogP contribution in [-0.4, -0.2) is 39.1 Å². The van der Waals surface area contributed by atoms with E-state index in [1.54, 1.807) is 29.3 Å². The van der Waals surface area contributed by atoms with Crippen LogP contribution in [0.2, 0.25) is 0 Å². The van der Waals surface area contributed by atoms with Crippen LogP contribution in [0.4, 0.5) is 18.9 Å². The number of hydrogen-bond acceptors (Lipinski definition) is 6. The highest BCUT2D eigenvalue weighted by Gasteiger charge is 2.33. The van der Waals surface area contributed by atoms with Crippen molar-refractivity contribution in [2.24, 2.45) is 0 Å². The predicted molar refractivity (Wildman–Crippen MR) is 108 cm³/mol. The normalized spacial score (nSPS) is 17.7. The summed E-state index contributed by atoms with van der Waals surface area (Å²) in [4.78, 5) is 3.17. The Balaban J connectivity index is 1.85. The number of nitrogens with zero attached hydrogens (tertiary/aromatic N) is 1. The first-order valence-corrected chi connectivity index (χ1v) is 11.8. The number of benzene rings is 1. The highest BCUT2D eigenvalue weighted by Crippen LogP contribution is 2.39. The van der Waals surface area contributed by atoms with Gasteiger partial charge in [0.15, 0.2) is 0 Å². The van der Waals surface area contributed by atoms with Crippen LogP contribution < -0.4 is 14.4 Å². The van der Waals surface area contributed by atoms with Gasteiger partial charge in [0.25, 0.3) is 10.0 Å². The molecule has 1 unspecified atom stereocenters. The summed E-state index contributed by atoms with van der Waals surface area (Å²) in [6.07, 6.45) is -4.89. The van der Waals surface area contributed by atoms with Gasteiger partial charge in [-0.2, -0.15) is 0 Å². The van der Waals surface area contributed by atoms with Crippen LogP contribution in [0.5, 0.6) is 5.75 Å². The van der Waals surface area contributed by atoms with Crippen LogP contribution in [0.15, 0.2) is 39.9 Å². The number of sulfonamides is 1. The minimum atomic E-state index is -4.89. The standard InChI is InChI=1S/C17H16F3N3O3S3/c1-23(29(24,25)14-3-2-5-27-14)13-9-11(26-17(18,19)20)7-10-8-12(22-15(10)13)16-21-4-6-28-16/h2-3,5,7-9,16,21-22H,4,6H2,1H3. The molecule has 1 aromatic carbocycles. The summed E-state index contributed by atoms with van der Waals surface area (Å²) in [6.45, 7) is 0.812. The Morgan fingerprint density at radius 3 is 2.69 bits per heavy atom. The van der Waals surface area contributed by atoms with Gasteiger partial charge in [-0.15, -0.1) is 36.3 Å². The van der Waals surface area contributed by atoms with E-state index in [2.05, 4.69) is 15.0 Å². The lowest BCUT2D eigenvalue weighted by molar-refractivity contribution is -0.274. The molecule has 29 heavy (non-hydrogen) atoms. The predicted octanol–water partition coefficient (Wildman–Crippen LogP) is 4.29. The molecule has 1 aliphatic rings. The number of rotatable bonds is 5. The molecule has 6 nitrogen and oxygen atoms in total. The number of hydrogen-bond donors (Lipinski definition) is 2. The Morgan fingerprint density at radius 1 is 1.28 bits per heavy atom. The highest BCUT2D eigenvalue weighted by molar-refractivity contribution is 7.99. The van der Waals surface area contributed by atoms with Crippen LogP contribution in [0.3, 0.4) is 0 Å². The van der Waals surface area contributed by atoms with Crippen molar-refractivity contribution in [1.29, 1.82) is 0 Å². The maximum Gasteiger partial charge on any atom is 0.573 e. The zero-order chi connectivity index (χ0) is 20.8. The Labute approximate surface area is 173 Å². The van der Waals surface area contributed by atoms with Crippen molar-refractivity contribution in [3.63, 3.8) is 0 Å². The zero-order valence-electron chi connectivity index (χ0n) is 15.0. The quantitative estimate of drug-likeness (QED) is 0.591. The van der Waals surface area contributed by atoms with Gasteiger partial charge in [-0.25, -0.2) is 8.42 Å². The molecule has 4 rings (SSSR count). The second kappa shape index (κ2) is 7.42. The van der Waals surface area contributed by atoms with Gasteiger partial charge in [0, 0.05) is 36.5 Å². The molecular formula is C17H16F3N3O3S3. The van der Waals surface area contributed by atoms with E-state index >= 15 is 0 Å². The van der Waals surface area contributed by atoms with Crippen LogP contribution in [0, 0.1) is 0 Å². The number of thiophene rings is 1. The van der Waals surface area contributed by atoms with Crippen LogP contribution in [0.25, 0.3) is 10.9 Å². The van der Waals surface area contributed by atoms with E-state index in [9.17, 15) is 21.6 Å². The molecule has 3 heterocycles. The fourth-order valence-electron chi connectivity index (χ4n) is 3.10. The Kier molecular flexibility index (Phi) is 5.21. The molecule has 1 fully saturated rings. The molecule has 3 aromatic rings. The number of alkyl halides is 3. The molecule has 1 atom stereocenters. The lowest BCUT2D eigenvalue weighted by Gasteiger charge is -2.20. The van der Waals surface area contributed by atoms with E-state index in [1.165, 1.54) is 19.2 Å². The molecule has 0 radical (unpaired) electrons. The summed E-state index contributed by atoms with van der Waals surface area (Å²) >= 11 is 2.69. The minimum absolute atomic E-state index is 0.0403. The van der Waals surface area contributed by atoms with Crippen molar-refractivity contribution in [1.82, 2.24) is 10.3 Å². The third kappa shape index (κ3) is 4.06. The largest absolute Gasteiger partial charge is 0.573 e. The van der Waals surface area contributed by atoms with Gasteiger partial charge in [-0.05, 0) is 23.6 Å². The van der Waals surface area contributed by atoms with E-state index in [0.717, 1.165) is 39.7 Å². The smallest absolute Gasteiger partial charge is 0.406 e. The number of fused-ring (bicyclic) bond motifs is 1. The molecule has 1 aliphatic heterocycles. The van der Waals surface area contributed by atoms with Crippen molar-refractivity contribution >= 4 is 49.7 Å². The Hall–Kier alpha value is -1.89. The van der Waals surface area contributed by atoms with E-state index in [4.69, 9.17) is 0 Å². The number of H-pyrrole nitrogens is 1. The van der Waals surface area contributed by atoms with Crippen LogP contribution >= 0.6 is 23.1 Å². The third-order valence-electron chi connectivity index (χ3n) is 4.38. The molecule has 0 bridgehead atoms. The van der Waals surface area contributed by atoms with Crippen molar-refractivity contribution in [2.75, 3.05) is 23.7 Å². The average Bonchev–Trinajstić information content (AvgIpc) is 3.38. The van der Waals surface area contributed by atoms with Gasteiger partial charge >= 0.3 is 6.36 Å². The Bertz CT molecular complexity index is 1120.